The summed E-state index contributed by atoms with van der Waals surface area (Å²) in [6.45, 7) is 2.54. The Kier molecular flexibility index (Phi) is 5.66. The number of aromatic nitrogens is 2. The van der Waals surface area contributed by atoms with Crippen molar-refractivity contribution >= 4 is 23.7 Å². The van der Waals surface area contributed by atoms with Crippen molar-refractivity contribution in [2.75, 3.05) is 6.61 Å². The molecule has 0 atom stereocenters. The van der Waals surface area contributed by atoms with Gasteiger partial charge >= 0.3 is 0 Å². The second kappa shape index (κ2) is 8.31. The summed E-state index contributed by atoms with van der Waals surface area (Å²) in [5, 5.41) is 11.3. The monoisotopic (exact) mass is 368 g/mol. The van der Waals surface area contributed by atoms with Crippen LogP contribution in [0.1, 0.15) is 23.0 Å². The Balaban J connectivity index is 1.63. The van der Waals surface area contributed by atoms with Gasteiger partial charge in [0, 0.05) is 5.56 Å². The van der Waals surface area contributed by atoms with Crippen LogP contribution in [0.15, 0.2) is 59.7 Å². The molecule has 132 valence electrons. The molecule has 0 fully saturated rings. The molecule has 0 radical (unpaired) electrons. The van der Waals surface area contributed by atoms with Crippen LogP contribution in [0.25, 0.3) is 11.3 Å². The van der Waals surface area contributed by atoms with Gasteiger partial charge < -0.3 is 4.74 Å². The molecule has 1 heterocycles. The summed E-state index contributed by atoms with van der Waals surface area (Å²) in [7, 11) is 0. The van der Waals surface area contributed by atoms with E-state index < -0.39 is 5.91 Å². The fourth-order valence-corrected chi connectivity index (χ4v) is 2.52. The Morgan fingerprint density at radius 3 is 2.77 bits per heavy atom. The van der Waals surface area contributed by atoms with Gasteiger partial charge in [-0.1, -0.05) is 29.8 Å². The number of H-pyrrole nitrogens is 1. The minimum atomic E-state index is -0.391. The molecule has 2 aromatic carbocycles. The maximum absolute atomic E-state index is 12.2. The van der Waals surface area contributed by atoms with Crippen molar-refractivity contribution in [2.24, 2.45) is 5.10 Å². The van der Waals surface area contributed by atoms with Gasteiger partial charge in [-0.25, -0.2) is 5.43 Å². The molecule has 1 amide bonds. The summed E-state index contributed by atoms with van der Waals surface area (Å²) in [5.74, 6) is 0.399. The molecule has 26 heavy (non-hydrogen) atoms. The molecular weight excluding hydrogens is 352 g/mol. The first-order valence-corrected chi connectivity index (χ1v) is 8.41. The van der Waals surface area contributed by atoms with E-state index in [4.69, 9.17) is 16.3 Å². The molecule has 0 unspecified atom stereocenters. The highest BCUT2D eigenvalue weighted by Crippen LogP contribution is 2.26. The van der Waals surface area contributed by atoms with Gasteiger partial charge in [0.2, 0.25) is 0 Å². The van der Waals surface area contributed by atoms with Gasteiger partial charge in [0.15, 0.2) is 0 Å². The molecule has 0 aliphatic carbocycles. The van der Waals surface area contributed by atoms with E-state index in [-0.39, 0.29) is 0 Å². The Hall–Kier alpha value is -3.12. The van der Waals surface area contributed by atoms with E-state index in [1.165, 1.54) is 0 Å². The topological polar surface area (TPSA) is 79.4 Å². The smallest absolute Gasteiger partial charge is 0.289 e. The highest BCUT2D eigenvalue weighted by Gasteiger charge is 2.12. The molecule has 0 aliphatic heterocycles. The number of rotatable bonds is 6. The van der Waals surface area contributed by atoms with E-state index in [2.05, 4.69) is 20.7 Å². The summed E-state index contributed by atoms with van der Waals surface area (Å²) in [5.41, 5.74) is 4.95. The van der Waals surface area contributed by atoms with Gasteiger partial charge in [-0.3, -0.25) is 9.89 Å². The minimum absolute atomic E-state index is 0.295. The van der Waals surface area contributed by atoms with Crippen molar-refractivity contribution in [1.82, 2.24) is 15.6 Å². The molecule has 0 bridgehead atoms. The van der Waals surface area contributed by atoms with Crippen molar-refractivity contribution in [3.05, 3.63) is 70.9 Å². The van der Waals surface area contributed by atoms with E-state index in [1.807, 2.05) is 49.4 Å². The predicted octanol–water partition coefficient (Wildman–Crippen LogP) is 3.89. The first-order chi connectivity index (χ1) is 12.7. The molecule has 0 aliphatic rings. The molecule has 0 saturated heterocycles. The quantitative estimate of drug-likeness (QED) is 0.511. The number of aromatic amines is 1. The van der Waals surface area contributed by atoms with Crippen molar-refractivity contribution in [1.29, 1.82) is 0 Å². The van der Waals surface area contributed by atoms with Crippen molar-refractivity contribution < 1.29 is 9.53 Å². The highest BCUT2D eigenvalue weighted by atomic mass is 35.5. The molecular formula is C19H17ClN4O2. The van der Waals surface area contributed by atoms with Gasteiger partial charge in [0.25, 0.3) is 5.91 Å². The summed E-state index contributed by atoms with van der Waals surface area (Å²) < 4.78 is 5.37. The van der Waals surface area contributed by atoms with Crippen LogP contribution in [0.5, 0.6) is 5.75 Å². The Morgan fingerprint density at radius 1 is 1.27 bits per heavy atom. The number of halogens is 1. The number of nitrogens with zero attached hydrogens (tertiary/aromatic N) is 2. The Labute approximate surface area is 155 Å². The van der Waals surface area contributed by atoms with Crippen LogP contribution in [-0.2, 0) is 0 Å². The largest absolute Gasteiger partial charge is 0.494 e. The number of hydrogen-bond donors (Lipinski definition) is 2. The molecule has 3 aromatic rings. The lowest BCUT2D eigenvalue weighted by atomic mass is 10.1. The van der Waals surface area contributed by atoms with Gasteiger partial charge in [-0.15, -0.1) is 0 Å². The summed E-state index contributed by atoms with van der Waals surface area (Å²) in [6, 6.07) is 16.3. The average Bonchev–Trinajstić information content (AvgIpc) is 3.14. The third-order valence-corrected chi connectivity index (χ3v) is 3.87. The first kappa shape index (κ1) is 17.7. The fourth-order valence-electron chi connectivity index (χ4n) is 2.29. The number of amides is 1. The van der Waals surface area contributed by atoms with Crippen LogP contribution >= 0.6 is 11.6 Å². The Bertz CT molecular complexity index is 919. The second-order valence-electron chi connectivity index (χ2n) is 5.35. The molecule has 6 nitrogen and oxygen atoms in total. The van der Waals surface area contributed by atoms with E-state index in [0.717, 1.165) is 16.9 Å². The Morgan fingerprint density at radius 2 is 2.04 bits per heavy atom. The van der Waals surface area contributed by atoms with Gasteiger partial charge in [-0.2, -0.15) is 10.2 Å². The van der Waals surface area contributed by atoms with Crippen LogP contribution in [-0.4, -0.2) is 28.9 Å². The van der Waals surface area contributed by atoms with Gasteiger partial charge in [0.1, 0.15) is 11.4 Å². The lowest BCUT2D eigenvalue weighted by Crippen LogP contribution is -2.17. The second-order valence-corrected chi connectivity index (χ2v) is 5.76. The maximum Gasteiger partial charge on any atom is 0.289 e. The molecule has 7 heteroatoms. The van der Waals surface area contributed by atoms with Gasteiger partial charge in [0.05, 0.1) is 23.5 Å². The maximum atomic E-state index is 12.2. The van der Waals surface area contributed by atoms with Crippen molar-refractivity contribution in [3.8, 4) is 17.0 Å². The zero-order chi connectivity index (χ0) is 18.4. The van der Waals surface area contributed by atoms with Crippen molar-refractivity contribution in [2.45, 2.75) is 6.92 Å². The summed E-state index contributed by atoms with van der Waals surface area (Å²) >= 11 is 6.14. The zero-order valence-corrected chi connectivity index (χ0v) is 14.8. The van der Waals surface area contributed by atoms with Crippen LogP contribution in [0.3, 0.4) is 0 Å². The standard InChI is InChI=1S/C19H17ClN4O2/c1-2-26-14-9-7-13(8-10-14)12-21-24-19(25)18-11-17(22-23-18)15-5-3-4-6-16(15)20/h3-12H,2H2,1H3,(H,22,23)(H,24,25)/b21-12-. The molecule has 0 spiro atoms. The highest BCUT2D eigenvalue weighted by molar-refractivity contribution is 6.33. The third kappa shape index (κ3) is 4.29. The summed E-state index contributed by atoms with van der Waals surface area (Å²) in [4.78, 5) is 12.2. The fraction of sp³-hybridized carbons (Fsp3) is 0.105. The van der Waals surface area contributed by atoms with E-state index in [1.54, 1.807) is 18.3 Å². The molecule has 2 N–H and O–H groups in total. The number of ether oxygens (including phenoxy) is 1. The number of nitrogens with one attached hydrogen (secondary N) is 2. The summed E-state index contributed by atoms with van der Waals surface area (Å²) in [6.07, 6.45) is 1.55. The minimum Gasteiger partial charge on any atom is -0.494 e. The van der Waals surface area contributed by atoms with E-state index >= 15 is 0 Å². The van der Waals surface area contributed by atoms with Gasteiger partial charge in [-0.05, 0) is 48.9 Å². The zero-order valence-electron chi connectivity index (χ0n) is 14.1. The number of carbonyl (C=O) groups excluding carboxylic acids is 1. The average molecular weight is 369 g/mol. The van der Waals surface area contributed by atoms with E-state index in [9.17, 15) is 4.79 Å². The molecule has 0 saturated carbocycles. The van der Waals surface area contributed by atoms with Crippen LogP contribution in [0, 0.1) is 0 Å². The predicted molar refractivity (Wildman–Crippen MR) is 102 cm³/mol. The van der Waals surface area contributed by atoms with Crippen LogP contribution in [0.2, 0.25) is 5.02 Å². The van der Waals surface area contributed by atoms with Crippen molar-refractivity contribution in [3.63, 3.8) is 0 Å². The lowest BCUT2D eigenvalue weighted by molar-refractivity contribution is 0.0950. The lowest BCUT2D eigenvalue weighted by Gasteiger charge is -2.02. The number of carbonyl (C=O) groups is 1. The normalized spacial score (nSPS) is 10.8. The number of hydrazone groups is 1. The first-order valence-electron chi connectivity index (χ1n) is 8.04. The third-order valence-electron chi connectivity index (χ3n) is 3.54. The number of benzene rings is 2. The van der Waals surface area contributed by atoms with E-state index in [0.29, 0.717) is 23.0 Å². The molecule has 1 aromatic heterocycles. The molecule has 3 rings (SSSR count). The number of hydrogen-bond acceptors (Lipinski definition) is 4. The van der Waals surface area contributed by atoms with Crippen LogP contribution in [0.4, 0.5) is 0 Å². The van der Waals surface area contributed by atoms with Crippen LogP contribution < -0.4 is 10.2 Å². The SMILES string of the molecule is CCOc1ccc(/C=N\NC(=O)c2cc(-c3ccccc3Cl)n[nH]2)cc1.